The Balaban J connectivity index is 2.18. The van der Waals surface area contributed by atoms with Crippen LogP contribution in [-0.4, -0.2) is 17.0 Å². The largest absolute Gasteiger partial charge is 0.481 e. The van der Waals surface area contributed by atoms with Crippen LogP contribution in [0.4, 0.5) is 5.69 Å². The number of carbonyl (C=O) groups is 2. The highest BCUT2D eigenvalue weighted by Gasteiger charge is 2.43. The van der Waals surface area contributed by atoms with Gasteiger partial charge in [-0.05, 0) is 36.8 Å². The minimum Gasteiger partial charge on any atom is -0.481 e. The van der Waals surface area contributed by atoms with Crippen molar-refractivity contribution in [1.82, 2.24) is 0 Å². The van der Waals surface area contributed by atoms with Gasteiger partial charge in [-0.25, -0.2) is 0 Å². The zero-order chi connectivity index (χ0) is 16.3. The van der Waals surface area contributed by atoms with Gasteiger partial charge in [-0.2, -0.15) is 0 Å². The van der Waals surface area contributed by atoms with Crippen LogP contribution >= 0.6 is 0 Å². The standard InChI is InChI=1S/C18H25NO3/c1-12(2)14-8-6-7-13(3)16(14)19-15(20)11-18(17(21)22)9-4-5-10-18/h6-8,12H,4-5,9-11H2,1-3H3,(H,19,20)(H,21,22). The summed E-state index contributed by atoms with van der Waals surface area (Å²) in [6.45, 7) is 6.13. The van der Waals surface area contributed by atoms with E-state index in [1.165, 1.54) is 0 Å². The highest BCUT2D eigenvalue weighted by Crippen LogP contribution is 2.41. The molecule has 0 aromatic heterocycles. The van der Waals surface area contributed by atoms with Crippen molar-refractivity contribution in [2.45, 2.75) is 58.8 Å². The van der Waals surface area contributed by atoms with Gasteiger partial charge in [0.25, 0.3) is 0 Å². The number of carbonyl (C=O) groups excluding carboxylic acids is 1. The molecule has 1 aromatic rings. The van der Waals surface area contributed by atoms with E-state index in [0.29, 0.717) is 18.8 Å². The Labute approximate surface area is 131 Å². The molecule has 2 rings (SSSR count). The Hall–Kier alpha value is -1.84. The zero-order valence-corrected chi connectivity index (χ0v) is 13.6. The van der Waals surface area contributed by atoms with Crippen LogP contribution in [0, 0.1) is 12.3 Å². The number of aryl methyl sites for hydroxylation is 1. The molecule has 0 bridgehead atoms. The van der Waals surface area contributed by atoms with Gasteiger partial charge in [0.1, 0.15) is 0 Å². The Morgan fingerprint density at radius 2 is 1.91 bits per heavy atom. The van der Waals surface area contributed by atoms with E-state index in [2.05, 4.69) is 19.2 Å². The van der Waals surface area contributed by atoms with E-state index in [1.807, 2.05) is 25.1 Å². The fraction of sp³-hybridized carbons (Fsp3) is 0.556. The van der Waals surface area contributed by atoms with Crippen LogP contribution in [-0.2, 0) is 9.59 Å². The summed E-state index contributed by atoms with van der Waals surface area (Å²) in [4.78, 5) is 24.0. The van der Waals surface area contributed by atoms with Crippen LogP contribution < -0.4 is 5.32 Å². The SMILES string of the molecule is Cc1cccc(C(C)C)c1NC(=O)CC1(C(=O)O)CCCC1. The van der Waals surface area contributed by atoms with Gasteiger partial charge < -0.3 is 10.4 Å². The summed E-state index contributed by atoms with van der Waals surface area (Å²) in [5, 5.41) is 12.5. The minimum absolute atomic E-state index is 0.0637. The highest BCUT2D eigenvalue weighted by molar-refractivity contribution is 5.95. The van der Waals surface area contributed by atoms with Gasteiger partial charge in [-0.3, -0.25) is 9.59 Å². The van der Waals surface area contributed by atoms with E-state index in [1.54, 1.807) is 0 Å². The number of hydrogen-bond donors (Lipinski definition) is 2. The molecule has 0 aliphatic heterocycles. The molecule has 0 atom stereocenters. The van der Waals surface area contributed by atoms with Gasteiger partial charge in [-0.1, -0.05) is 44.9 Å². The molecule has 1 aromatic carbocycles. The van der Waals surface area contributed by atoms with Gasteiger partial charge in [0.05, 0.1) is 5.41 Å². The van der Waals surface area contributed by atoms with Crippen molar-refractivity contribution in [3.8, 4) is 0 Å². The number of amides is 1. The summed E-state index contributed by atoms with van der Waals surface area (Å²) in [5.41, 5.74) is 2.06. The molecule has 0 radical (unpaired) electrons. The maximum absolute atomic E-state index is 12.4. The van der Waals surface area contributed by atoms with Crippen molar-refractivity contribution in [3.05, 3.63) is 29.3 Å². The summed E-state index contributed by atoms with van der Waals surface area (Å²) in [6.07, 6.45) is 3.04. The number of rotatable bonds is 5. The molecule has 0 heterocycles. The summed E-state index contributed by atoms with van der Waals surface area (Å²) in [5.74, 6) is -0.732. The first-order valence-electron chi connectivity index (χ1n) is 7.98. The molecule has 1 saturated carbocycles. The second kappa shape index (κ2) is 6.51. The molecule has 0 saturated heterocycles. The fourth-order valence-corrected chi connectivity index (χ4v) is 3.35. The summed E-state index contributed by atoms with van der Waals surface area (Å²) < 4.78 is 0. The molecule has 0 unspecified atom stereocenters. The summed E-state index contributed by atoms with van der Waals surface area (Å²) in [7, 11) is 0. The molecule has 1 amide bonds. The van der Waals surface area contributed by atoms with Crippen LogP contribution in [0.15, 0.2) is 18.2 Å². The van der Waals surface area contributed by atoms with Crippen molar-refractivity contribution in [1.29, 1.82) is 0 Å². The fourth-order valence-electron chi connectivity index (χ4n) is 3.35. The predicted octanol–water partition coefficient (Wildman–Crippen LogP) is 4.09. The number of hydrogen-bond acceptors (Lipinski definition) is 2. The monoisotopic (exact) mass is 303 g/mol. The first kappa shape index (κ1) is 16.5. The number of para-hydroxylation sites is 1. The molecule has 1 fully saturated rings. The Morgan fingerprint density at radius 3 is 2.45 bits per heavy atom. The quantitative estimate of drug-likeness (QED) is 0.861. The van der Waals surface area contributed by atoms with Crippen molar-refractivity contribution >= 4 is 17.6 Å². The third-order valence-corrected chi connectivity index (χ3v) is 4.70. The van der Waals surface area contributed by atoms with Gasteiger partial charge >= 0.3 is 5.97 Å². The first-order chi connectivity index (χ1) is 10.4. The number of anilines is 1. The second-order valence-electron chi connectivity index (χ2n) is 6.71. The van der Waals surface area contributed by atoms with Crippen molar-refractivity contribution in [2.24, 2.45) is 5.41 Å². The number of carboxylic acids is 1. The third-order valence-electron chi connectivity index (χ3n) is 4.70. The van der Waals surface area contributed by atoms with Crippen LogP contribution in [0.2, 0.25) is 0 Å². The predicted molar refractivity (Wildman–Crippen MR) is 87.1 cm³/mol. The Kier molecular flexibility index (Phi) is 4.89. The highest BCUT2D eigenvalue weighted by atomic mass is 16.4. The van der Waals surface area contributed by atoms with E-state index < -0.39 is 11.4 Å². The molecular formula is C18H25NO3. The lowest BCUT2D eigenvalue weighted by atomic mass is 9.82. The van der Waals surface area contributed by atoms with Crippen molar-refractivity contribution in [2.75, 3.05) is 5.32 Å². The normalized spacial score (nSPS) is 16.7. The zero-order valence-electron chi connectivity index (χ0n) is 13.6. The maximum Gasteiger partial charge on any atom is 0.310 e. The molecule has 4 heteroatoms. The van der Waals surface area contributed by atoms with Crippen molar-refractivity contribution < 1.29 is 14.7 Å². The number of carboxylic acid groups (broad SMARTS) is 1. The lowest BCUT2D eigenvalue weighted by Gasteiger charge is -2.24. The second-order valence-corrected chi connectivity index (χ2v) is 6.71. The minimum atomic E-state index is -0.870. The van der Waals surface area contributed by atoms with Crippen molar-refractivity contribution in [3.63, 3.8) is 0 Å². The van der Waals surface area contributed by atoms with E-state index in [-0.39, 0.29) is 12.3 Å². The molecule has 1 aliphatic carbocycles. The molecule has 22 heavy (non-hydrogen) atoms. The molecule has 120 valence electrons. The topological polar surface area (TPSA) is 66.4 Å². The van der Waals surface area contributed by atoms with Gasteiger partial charge in [0.15, 0.2) is 0 Å². The molecule has 1 aliphatic rings. The number of nitrogens with one attached hydrogen (secondary N) is 1. The van der Waals surface area contributed by atoms with E-state index in [9.17, 15) is 14.7 Å². The van der Waals surface area contributed by atoms with Gasteiger partial charge in [0.2, 0.25) is 5.91 Å². The van der Waals surface area contributed by atoms with E-state index in [4.69, 9.17) is 0 Å². The number of benzene rings is 1. The first-order valence-corrected chi connectivity index (χ1v) is 7.98. The van der Waals surface area contributed by atoms with Crippen LogP contribution in [0.25, 0.3) is 0 Å². The Morgan fingerprint density at radius 1 is 1.27 bits per heavy atom. The molecule has 4 nitrogen and oxygen atoms in total. The third kappa shape index (κ3) is 3.32. The van der Waals surface area contributed by atoms with Crippen LogP contribution in [0.1, 0.15) is 63.0 Å². The van der Waals surface area contributed by atoms with Gasteiger partial charge in [0, 0.05) is 12.1 Å². The molecular weight excluding hydrogens is 278 g/mol. The van der Waals surface area contributed by atoms with Crippen LogP contribution in [0.3, 0.4) is 0 Å². The molecule has 2 N–H and O–H groups in total. The summed E-state index contributed by atoms with van der Waals surface area (Å²) in [6, 6.07) is 5.95. The number of aliphatic carboxylic acids is 1. The van der Waals surface area contributed by atoms with E-state index >= 15 is 0 Å². The van der Waals surface area contributed by atoms with E-state index in [0.717, 1.165) is 29.7 Å². The smallest absolute Gasteiger partial charge is 0.310 e. The molecule has 0 spiro atoms. The average Bonchev–Trinajstić information content (AvgIpc) is 2.90. The lowest BCUT2D eigenvalue weighted by molar-refractivity contribution is -0.150. The Bertz CT molecular complexity index is 572. The maximum atomic E-state index is 12.4. The summed E-state index contributed by atoms with van der Waals surface area (Å²) >= 11 is 0. The van der Waals surface area contributed by atoms with Crippen LogP contribution in [0.5, 0.6) is 0 Å². The lowest BCUT2D eigenvalue weighted by Crippen LogP contribution is -2.33. The van der Waals surface area contributed by atoms with Gasteiger partial charge in [-0.15, -0.1) is 0 Å². The average molecular weight is 303 g/mol.